The Morgan fingerprint density at radius 2 is 2.31 bits per heavy atom. The van der Waals surface area contributed by atoms with Crippen LogP contribution in [0.15, 0.2) is 18.2 Å². The third-order valence-corrected chi connectivity index (χ3v) is 2.03. The predicted molar refractivity (Wildman–Crippen MR) is 60.6 cm³/mol. The van der Waals surface area contributed by atoms with Crippen LogP contribution in [-0.4, -0.2) is 30.7 Å². The van der Waals surface area contributed by atoms with Crippen LogP contribution in [0.5, 0.6) is 11.5 Å². The van der Waals surface area contributed by atoms with Crippen molar-refractivity contribution in [2.75, 3.05) is 13.7 Å². The molecule has 5 heteroatoms. The van der Waals surface area contributed by atoms with Gasteiger partial charge in [0.05, 0.1) is 12.7 Å². The molecule has 0 aliphatic carbocycles. The number of carbonyl (C=O) groups excluding carboxylic acids is 1. The van der Waals surface area contributed by atoms with Gasteiger partial charge in [0.15, 0.2) is 0 Å². The summed E-state index contributed by atoms with van der Waals surface area (Å²) in [6.45, 7) is 2.15. The lowest BCUT2D eigenvalue weighted by atomic mass is 10.1. The standard InChI is InChI=1S/C11H16N2O3/c1-7(12)6-13-11(15)9-4-3-8(16-2)5-10(9)14/h3-5,7,14H,6,12H2,1-2H3,(H,13,15). The Labute approximate surface area is 94.2 Å². The maximum Gasteiger partial charge on any atom is 0.255 e. The van der Waals surface area contributed by atoms with Gasteiger partial charge >= 0.3 is 0 Å². The molecule has 0 heterocycles. The molecule has 4 N–H and O–H groups in total. The second kappa shape index (κ2) is 5.37. The topological polar surface area (TPSA) is 84.6 Å². The van der Waals surface area contributed by atoms with Crippen LogP contribution in [0.4, 0.5) is 0 Å². The lowest BCUT2D eigenvalue weighted by molar-refractivity contribution is 0.0949. The molecule has 0 radical (unpaired) electrons. The van der Waals surface area contributed by atoms with Crippen LogP contribution >= 0.6 is 0 Å². The monoisotopic (exact) mass is 224 g/mol. The van der Waals surface area contributed by atoms with Crippen molar-refractivity contribution >= 4 is 5.91 Å². The number of hydrogen-bond acceptors (Lipinski definition) is 4. The molecule has 0 aliphatic rings. The maximum atomic E-state index is 11.6. The molecule has 0 aromatic heterocycles. The molecule has 0 fully saturated rings. The molecule has 0 spiro atoms. The highest BCUT2D eigenvalue weighted by Crippen LogP contribution is 2.22. The van der Waals surface area contributed by atoms with E-state index in [0.717, 1.165) is 0 Å². The molecule has 5 nitrogen and oxygen atoms in total. The second-order valence-corrected chi connectivity index (χ2v) is 3.57. The lowest BCUT2D eigenvalue weighted by Crippen LogP contribution is -2.35. The van der Waals surface area contributed by atoms with Crippen molar-refractivity contribution in [3.05, 3.63) is 23.8 Å². The molecule has 88 valence electrons. The fourth-order valence-corrected chi connectivity index (χ4v) is 1.18. The Bertz CT molecular complexity index is 377. The van der Waals surface area contributed by atoms with Gasteiger partial charge in [-0.3, -0.25) is 4.79 Å². The van der Waals surface area contributed by atoms with E-state index in [9.17, 15) is 9.90 Å². The van der Waals surface area contributed by atoms with Crippen molar-refractivity contribution in [1.29, 1.82) is 0 Å². The molecule has 1 amide bonds. The van der Waals surface area contributed by atoms with Gasteiger partial charge in [-0.05, 0) is 19.1 Å². The third kappa shape index (κ3) is 3.13. The van der Waals surface area contributed by atoms with E-state index in [0.29, 0.717) is 12.3 Å². The largest absolute Gasteiger partial charge is 0.507 e. The quantitative estimate of drug-likeness (QED) is 0.694. The Morgan fingerprint density at radius 3 is 2.81 bits per heavy atom. The van der Waals surface area contributed by atoms with Crippen molar-refractivity contribution in [3.8, 4) is 11.5 Å². The molecular formula is C11H16N2O3. The highest BCUT2D eigenvalue weighted by Gasteiger charge is 2.11. The third-order valence-electron chi connectivity index (χ3n) is 2.03. The molecule has 1 unspecified atom stereocenters. The first-order valence-electron chi connectivity index (χ1n) is 4.95. The Kier molecular flexibility index (Phi) is 4.13. The van der Waals surface area contributed by atoms with Crippen LogP contribution in [0.25, 0.3) is 0 Å². The number of rotatable bonds is 4. The molecule has 1 rings (SSSR count). The van der Waals surface area contributed by atoms with Gasteiger partial charge in [-0.25, -0.2) is 0 Å². The molecule has 0 saturated carbocycles. The fourth-order valence-electron chi connectivity index (χ4n) is 1.18. The van der Waals surface area contributed by atoms with Crippen molar-refractivity contribution in [1.82, 2.24) is 5.32 Å². The summed E-state index contributed by atoms with van der Waals surface area (Å²) in [6, 6.07) is 4.38. The van der Waals surface area contributed by atoms with Gasteiger partial charge in [-0.2, -0.15) is 0 Å². The van der Waals surface area contributed by atoms with Crippen LogP contribution in [0.1, 0.15) is 17.3 Å². The number of amides is 1. The van der Waals surface area contributed by atoms with E-state index in [1.54, 1.807) is 13.0 Å². The zero-order valence-electron chi connectivity index (χ0n) is 9.36. The molecule has 0 bridgehead atoms. The summed E-state index contributed by atoms with van der Waals surface area (Å²) < 4.78 is 4.92. The van der Waals surface area contributed by atoms with Crippen LogP contribution in [0.2, 0.25) is 0 Å². The zero-order valence-corrected chi connectivity index (χ0v) is 9.36. The van der Waals surface area contributed by atoms with Gasteiger partial charge in [0.2, 0.25) is 0 Å². The van der Waals surface area contributed by atoms with Crippen molar-refractivity contribution < 1.29 is 14.6 Å². The summed E-state index contributed by atoms with van der Waals surface area (Å²) in [5.41, 5.74) is 5.71. The minimum Gasteiger partial charge on any atom is -0.507 e. The molecule has 16 heavy (non-hydrogen) atoms. The van der Waals surface area contributed by atoms with E-state index < -0.39 is 0 Å². The molecule has 1 atom stereocenters. The average molecular weight is 224 g/mol. The lowest BCUT2D eigenvalue weighted by Gasteiger charge is -2.09. The van der Waals surface area contributed by atoms with Crippen molar-refractivity contribution in [2.24, 2.45) is 5.73 Å². The summed E-state index contributed by atoms with van der Waals surface area (Å²) in [6.07, 6.45) is 0. The van der Waals surface area contributed by atoms with E-state index in [1.807, 2.05) is 0 Å². The van der Waals surface area contributed by atoms with Gasteiger partial charge in [-0.15, -0.1) is 0 Å². The van der Waals surface area contributed by atoms with Crippen LogP contribution in [-0.2, 0) is 0 Å². The Balaban J connectivity index is 2.76. The summed E-state index contributed by atoms with van der Waals surface area (Å²) >= 11 is 0. The second-order valence-electron chi connectivity index (χ2n) is 3.57. The highest BCUT2D eigenvalue weighted by molar-refractivity contribution is 5.97. The predicted octanol–water partition coefficient (Wildman–Crippen LogP) is 0.478. The minimum atomic E-state index is -0.350. The van der Waals surface area contributed by atoms with Gasteiger partial charge in [0, 0.05) is 18.7 Å². The number of phenolic OH excluding ortho intramolecular Hbond substituents is 1. The van der Waals surface area contributed by atoms with E-state index in [2.05, 4.69) is 5.32 Å². The van der Waals surface area contributed by atoms with Gasteiger partial charge < -0.3 is 20.9 Å². The van der Waals surface area contributed by atoms with Crippen LogP contribution < -0.4 is 15.8 Å². The van der Waals surface area contributed by atoms with E-state index >= 15 is 0 Å². The van der Waals surface area contributed by atoms with Crippen LogP contribution in [0.3, 0.4) is 0 Å². The van der Waals surface area contributed by atoms with E-state index in [1.165, 1.54) is 19.2 Å². The summed E-state index contributed by atoms with van der Waals surface area (Å²) in [5.74, 6) is 0.0419. The Morgan fingerprint density at radius 1 is 1.62 bits per heavy atom. The fraction of sp³-hybridized carbons (Fsp3) is 0.364. The normalized spacial score (nSPS) is 11.9. The maximum absolute atomic E-state index is 11.6. The number of carbonyl (C=O) groups is 1. The zero-order chi connectivity index (χ0) is 12.1. The van der Waals surface area contributed by atoms with Gasteiger partial charge in [0.25, 0.3) is 5.91 Å². The highest BCUT2D eigenvalue weighted by atomic mass is 16.5. The number of nitrogens with one attached hydrogen (secondary N) is 1. The molecular weight excluding hydrogens is 208 g/mol. The smallest absolute Gasteiger partial charge is 0.255 e. The number of aromatic hydroxyl groups is 1. The number of methoxy groups -OCH3 is 1. The van der Waals surface area contributed by atoms with Gasteiger partial charge in [-0.1, -0.05) is 0 Å². The molecule has 0 saturated heterocycles. The van der Waals surface area contributed by atoms with Crippen molar-refractivity contribution in [2.45, 2.75) is 13.0 Å². The number of hydrogen-bond donors (Lipinski definition) is 3. The Hall–Kier alpha value is -1.75. The first-order chi connectivity index (χ1) is 7.54. The summed E-state index contributed by atoms with van der Waals surface area (Å²) in [5, 5.41) is 12.2. The molecule has 1 aromatic carbocycles. The van der Waals surface area contributed by atoms with E-state index in [4.69, 9.17) is 10.5 Å². The van der Waals surface area contributed by atoms with Crippen molar-refractivity contribution in [3.63, 3.8) is 0 Å². The van der Waals surface area contributed by atoms with E-state index in [-0.39, 0.29) is 23.3 Å². The summed E-state index contributed by atoms with van der Waals surface area (Å²) in [7, 11) is 1.49. The number of benzene rings is 1. The summed E-state index contributed by atoms with van der Waals surface area (Å²) in [4.78, 5) is 11.6. The molecule has 1 aromatic rings. The van der Waals surface area contributed by atoms with Gasteiger partial charge in [0.1, 0.15) is 11.5 Å². The minimum absolute atomic E-state index is 0.110. The molecule has 0 aliphatic heterocycles. The number of phenols is 1. The number of nitrogens with two attached hydrogens (primary N) is 1. The SMILES string of the molecule is COc1ccc(C(=O)NCC(C)N)c(O)c1. The average Bonchev–Trinajstić information content (AvgIpc) is 2.25. The first-order valence-corrected chi connectivity index (χ1v) is 4.95. The first kappa shape index (κ1) is 12.3. The number of ether oxygens (including phenoxy) is 1. The van der Waals surface area contributed by atoms with Crippen LogP contribution in [0, 0.1) is 0 Å².